The molecule has 3 fully saturated rings. The lowest BCUT2D eigenvalue weighted by atomic mass is 9.71. The number of hydrogen-bond donors (Lipinski definition) is 0. The molecule has 2 amide bonds. The summed E-state index contributed by atoms with van der Waals surface area (Å²) in [6, 6.07) is 18.7. The molecule has 1 aromatic heterocycles. The Balaban J connectivity index is 1.08. The number of hydrogen-bond acceptors (Lipinski definition) is 5. The number of nitrogens with zero attached hydrogens (tertiary/aromatic N) is 2. The fourth-order valence-electron chi connectivity index (χ4n) is 8.57. The first kappa shape index (κ1) is 24.7. The average Bonchev–Trinajstić information content (AvgIpc) is 3.46. The van der Waals surface area contributed by atoms with Crippen LogP contribution in [0.3, 0.4) is 0 Å². The van der Waals surface area contributed by atoms with Gasteiger partial charge in [-0.1, -0.05) is 61.5 Å². The van der Waals surface area contributed by atoms with Gasteiger partial charge in [-0.15, -0.1) is 17.9 Å². The molecule has 3 aliphatic carbocycles. The first-order valence-electron chi connectivity index (χ1n) is 14.2. The van der Waals surface area contributed by atoms with Gasteiger partial charge in [0.2, 0.25) is 0 Å². The average molecular weight is 561 g/mol. The maximum atomic E-state index is 13.9. The summed E-state index contributed by atoms with van der Waals surface area (Å²) in [6.07, 6.45) is 4.40. The Hall–Kier alpha value is -4.10. The molecule has 1 saturated carbocycles. The van der Waals surface area contributed by atoms with E-state index in [2.05, 4.69) is 19.6 Å². The summed E-state index contributed by atoms with van der Waals surface area (Å²) < 4.78 is 0. The molecular formula is C34H28N2O4S. The van der Waals surface area contributed by atoms with Crippen LogP contribution in [0.25, 0.3) is 0 Å². The van der Waals surface area contributed by atoms with Gasteiger partial charge in [0.05, 0.1) is 15.2 Å². The molecule has 8 rings (SSSR count). The van der Waals surface area contributed by atoms with Crippen LogP contribution in [-0.4, -0.2) is 52.3 Å². The lowest BCUT2D eigenvalue weighted by molar-refractivity contribution is 0.0652. The molecule has 0 radical (unpaired) electrons. The highest BCUT2D eigenvalue weighted by molar-refractivity contribution is 7.15. The van der Waals surface area contributed by atoms with E-state index in [1.807, 2.05) is 53.4 Å². The molecule has 5 atom stereocenters. The normalized spacial score (nSPS) is 30.6. The highest BCUT2D eigenvalue weighted by Gasteiger charge is 2.74. The Bertz CT molecular complexity index is 1770. The van der Waals surface area contributed by atoms with Crippen molar-refractivity contribution in [2.45, 2.75) is 36.6 Å². The van der Waals surface area contributed by atoms with E-state index in [4.69, 9.17) is 0 Å². The first-order valence-corrected chi connectivity index (χ1v) is 15.0. The highest BCUT2D eigenvalue weighted by atomic mass is 32.1. The fraction of sp³-hybridized carbons (Fsp3) is 0.294. The number of Topliss-reactive ketones (excluding diaryl/α,β-unsaturated/α-hetero) is 1. The number of benzene rings is 2. The zero-order valence-electron chi connectivity index (χ0n) is 22.6. The third-order valence-electron chi connectivity index (χ3n) is 10.6. The molecule has 204 valence electrons. The summed E-state index contributed by atoms with van der Waals surface area (Å²) in [5.74, 6) is 0.395. The van der Waals surface area contributed by atoms with Gasteiger partial charge in [0.1, 0.15) is 0 Å². The van der Waals surface area contributed by atoms with Gasteiger partial charge >= 0.3 is 0 Å². The molecule has 7 heteroatoms. The van der Waals surface area contributed by atoms with Crippen LogP contribution < -0.4 is 0 Å². The van der Waals surface area contributed by atoms with Crippen molar-refractivity contribution >= 4 is 34.7 Å². The Kier molecular flexibility index (Phi) is 4.95. The van der Waals surface area contributed by atoms with Gasteiger partial charge in [-0.2, -0.15) is 0 Å². The summed E-state index contributed by atoms with van der Waals surface area (Å²) >= 11 is 1.19. The third kappa shape index (κ3) is 2.97. The molecule has 0 bridgehead atoms. The van der Waals surface area contributed by atoms with E-state index in [9.17, 15) is 19.2 Å². The molecule has 2 aliphatic heterocycles. The molecular weight excluding hydrogens is 532 g/mol. The second-order valence-electron chi connectivity index (χ2n) is 12.0. The number of ketones is 2. The highest BCUT2D eigenvalue weighted by Crippen LogP contribution is 2.69. The topological polar surface area (TPSA) is 74.8 Å². The number of carbonyl (C=O) groups is 4. The monoisotopic (exact) mass is 560 g/mol. The van der Waals surface area contributed by atoms with Crippen LogP contribution in [0.2, 0.25) is 0 Å². The smallest absolute Gasteiger partial charge is 0.268 e. The van der Waals surface area contributed by atoms with Crippen LogP contribution in [-0.2, 0) is 10.8 Å². The second-order valence-corrected chi connectivity index (χ2v) is 13.0. The van der Waals surface area contributed by atoms with Crippen molar-refractivity contribution in [3.63, 3.8) is 0 Å². The van der Waals surface area contributed by atoms with Gasteiger partial charge in [0, 0.05) is 53.9 Å². The van der Waals surface area contributed by atoms with Crippen LogP contribution >= 0.6 is 11.3 Å². The molecule has 0 N–H and O–H groups in total. The first-order chi connectivity index (χ1) is 19.8. The van der Waals surface area contributed by atoms with Gasteiger partial charge in [-0.3, -0.25) is 19.2 Å². The minimum Gasteiger partial charge on any atom is -0.333 e. The van der Waals surface area contributed by atoms with Crippen LogP contribution in [0.4, 0.5) is 0 Å². The van der Waals surface area contributed by atoms with E-state index in [-0.39, 0.29) is 34.8 Å². The molecule has 3 heterocycles. The lowest BCUT2D eigenvalue weighted by Crippen LogP contribution is -2.47. The van der Waals surface area contributed by atoms with Crippen molar-refractivity contribution < 1.29 is 19.2 Å². The number of amides is 2. The molecule has 3 aromatic rings. The predicted octanol–water partition coefficient (Wildman–Crippen LogP) is 5.41. The SMILES string of the molecule is C=C[C@]12CCN(C(=O)c3ccc(C(=O)N4C[C@H]5[C@@H](C)[C@]56c5ccccc5C(=O)CC46)s3)C1=CC(=O)c1ccccc12. The molecule has 6 nitrogen and oxygen atoms in total. The number of fused-ring (bicyclic) bond motifs is 4. The van der Waals surface area contributed by atoms with Crippen LogP contribution in [0, 0.1) is 11.8 Å². The molecule has 5 aliphatic rings. The van der Waals surface area contributed by atoms with E-state index in [0.717, 1.165) is 16.7 Å². The van der Waals surface area contributed by atoms with E-state index >= 15 is 0 Å². The van der Waals surface area contributed by atoms with Gasteiger partial charge < -0.3 is 9.80 Å². The molecule has 1 unspecified atom stereocenters. The summed E-state index contributed by atoms with van der Waals surface area (Å²) in [7, 11) is 0. The van der Waals surface area contributed by atoms with Crippen LogP contribution in [0.1, 0.15) is 71.0 Å². The van der Waals surface area contributed by atoms with Crippen LogP contribution in [0.15, 0.2) is 85.1 Å². The number of thiophene rings is 1. The largest absolute Gasteiger partial charge is 0.333 e. The maximum absolute atomic E-state index is 13.9. The van der Waals surface area contributed by atoms with Crippen molar-refractivity contribution in [3.8, 4) is 0 Å². The molecule has 2 aromatic carbocycles. The quantitative estimate of drug-likeness (QED) is 0.402. The van der Waals surface area contributed by atoms with Gasteiger partial charge in [-0.25, -0.2) is 0 Å². The van der Waals surface area contributed by atoms with Crippen molar-refractivity contribution in [1.82, 2.24) is 9.80 Å². The summed E-state index contributed by atoms with van der Waals surface area (Å²) in [6.45, 7) is 7.39. The van der Waals surface area contributed by atoms with Gasteiger partial charge in [0.25, 0.3) is 11.8 Å². The molecule has 1 spiro atoms. The van der Waals surface area contributed by atoms with E-state index in [0.29, 0.717) is 58.8 Å². The lowest BCUT2D eigenvalue weighted by Gasteiger charge is -2.37. The van der Waals surface area contributed by atoms with Crippen molar-refractivity contribution in [2.24, 2.45) is 11.8 Å². The third-order valence-corrected chi connectivity index (χ3v) is 11.6. The number of likely N-dealkylation sites (tertiary alicyclic amines) is 2. The summed E-state index contributed by atoms with van der Waals surface area (Å²) in [5.41, 5.74) is 3.32. The summed E-state index contributed by atoms with van der Waals surface area (Å²) in [4.78, 5) is 58.3. The van der Waals surface area contributed by atoms with Gasteiger partial charge in [-0.05, 0) is 41.5 Å². The molecule has 2 saturated heterocycles. The fourth-order valence-corrected chi connectivity index (χ4v) is 9.48. The molecule has 41 heavy (non-hydrogen) atoms. The zero-order chi connectivity index (χ0) is 28.3. The number of rotatable bonds is 3. The van der Waals surface area contributed by atoms with Crippen LogP contribution in [0.5, 0.6) is 0 Å². The Morgan fingerprint density at radius 2 is 1.63 bits per heavy atom. The van der Waals surface area contributed by atoms with Crippen molar-refractivity contribution in [3.05, 3.63) is 117 Å². The predicted molar refractivity (Wildman–Crippen MR) is 155 cm³/mol. The van der Waals surface area contributed by atoms with E-state index < -0.39 is 5.41 Å². The van der Waals surface area contributed by atoms with Gasteiger partial charge in [0.15, 0.2) is 11.6 Å². The number of carbonyl (C=O) groups excluding carboxylic acids is 4. The van der Waals surface area contributed by atoms with E-state index in [1.165, 1.54) is 11.3 Å². The zero-order valence-corrected chi connectivity index (χ0v) is 23.4. The standard InChI is InChI=1S/C34H28N2O4S/c1-3-33-14-15-35(29(33)16-25(37)20-8-4-6-10-22(20)33)31(39)27-12-13-28(41-27)32(40)36-18-24-19(2)34(24)23-11-7-5-9-21(23)26(38)17-30(34)36/h3-13,16,19,24,30H,1,14-15,17-18H2,2H3/t19-,24+,30?,33-,34+/m1/s1. The second kappa shape index (κ2) is 8.23. The maximum Gasteiger partial charge on any atom is 0.268 e. The minimum absolute atomic E-state index is 0.0902. The number of allylic oxidation sites excluding steroid dienone is 2. The number of piperidine rings is 1. The van der Waals surface area contributed by atoms with Crippen molar-refractivity contribution in [1.29, 1.82) is 0 Å². The summed E-state index contributed by atoms with van der Waals surface area (Å²) in [5, 5.41) is 0. The minimum atomic E-state index is -0.596. The van der Waals surface area contributed by atoms with Crippen molar-refractivity contribution in [2.75, 3.05) is 13.1 Å². The Morgan fingerprint density at radius 3 is 2.39 bits per heavy atom. The Morgan fingerprint density at radius 1 is 0.951 bits per heavy atom. The Labute approximate surface area is 242 Å². The van der Waals surface area contributed by atoms with E-state index in [1.54, 1.807) is 23.1 Å².